The fourth-order valence-electron chi connectivity index (χ4n) is 3.84. The molecule has 5 aromatic rings. The Morgan fingerprint density at radius 3 is 2.74 bits per heavy atom. The van der Waals surface area contributed by atoms with E-state index in [2.05, 4.69) is 31.8 Å². The van der Waals surface area contributed by atoms with E-state index >= 15 is 0 Å². The topological polar surface area (TPSA) is 152 Å². The summed E-state index contributed by atoms with van der Waals surface area (Å²) in [7, 11) is 1.68. The summed E-state index contributed by atoms with van der Waals surface area (Å²) in [6.07, 6.45) is 1.45. The van der Waals surface area contributed by atoms with E-state index in [0.29, 0.717) is 39.1 Å². The molecule has 1 amide bonds. The lowest BCUT2D eigenvalue weighted by molar-refractivity contribution is -0.380. The Labute approximate surface area is 218 Å². The summed E-state index contributed by atoms with van der Waals surface area (Å²) in [6, 6.07) is 14.3. The Morgan fingerprint density at radius 2 is 2.03 bits per heavy atom. The molecule has 0 saturated carbocycles. The first-order valence-electron chi connectivity index (χ1n) is 11.1. The minimum absolute atomic E-state index is 0.113. The second kappa shape index (κ2) is 9.68. The summed E-state index contributed by atoms with van der Waals surface area (Å²) < 4.78 is 15.8. The highest BCUT2D eigenvalue weighted by atomic mass is 32.1. The van der Waals surface area contributed by atoms with Gasteiger partial charge in [-0.1, -0.05) is 17.4 Å². The molecule has 5 rings (SSSR count). The number of hydrogen-bond acceptors (Lipinski definition) is 9. The highest BCUT2D eigenvalue weighted by molar-refractivity contribution is 7.17. The van der Waals surface area contributed by atoms with Crippen LogP contribution >= 0.6 is 11.3 Å². The van der Waals surface area contributed by atoms with E-state index in [1.54, 1.807) is 44.3 Å². The van der Waals surface area contributed by atoms with Crippen LogP contribution in [0.3, 0.4) is 0 Å². The molecule has 0 fully saturated rings. The average molecular weight is 529 g/mol. The van der Waals surface area contributed by atoms with Crippen molar-refractivity contribution in [3.05, 3.63) is 86.7 Å². The minimum atomic E-state index is -0.598. The monoisotopic (exact) mass is 528 g/mol. The molecule has 0 spiro atoms. The number of fused-ring (bicyclic) bond motifs is 1. The van der Waals surface area contributed by atoms with Crippen molar-refractivity contribution in [1.29, 1.82) is 5.26 Å². The van der Waals surface area contributed by atoms with Gasteiger partial charge in [0.05, 0.1) is 38.3 Å². The third-order valence-electron chi connectivity index (χ3n) is 5.79. The zero-order valence-corrected chi connectivity index (χ0v) is 20.7. The second-order valence-electron chi connectivity index (χ2n) is 8.04. The number of aromatic nitrogens is 4. The molecule has 188 valence electrons. The molecule has 0 atom stereocenters. The van der Waals surface area contributed by atoms with E-state index in [9.17, 15) is 24.6 Å². The number of halogens is 1. The van der Waals surface area contributed by atoms with Crippen LogP contribution in [-0.4, -0.2) is 37.6 Å². The second-order valence-corrected chi connectivity index (χ2v) is 9.11. The molecule has 38 heavy (non-hydrogen) atoms. The molecule has 0 bridgehead atoms. The smallest absolute Gasteiger partial charge is 0.324 e. The van der Waals surface area contributed by atoms with E-state index in [0.717, 1.165) is 11.3 Å². The predicted molar refractivity (Wildman–Crippen MR) is 140 cm³/mol. The molecule has 0 aliphatic heterocycles. The van der Waals surface area contributed by atoms with E-state index in [1.165, 1.54) is 29.1 Å². The van der Waals surface area contributed by atoms with Crippen LogP contribution in [-0.2, 0) is 0 Å². The number of thiophene rings is 1. The van der Waals surface area contributed by atoms with Gasteiger partial charge in [0.2, 0.25) is 0 Å². The number of nitriles is 1. The fraction of sp³-hybridized carbons (Fsp3) is 0.0800. The van der Waals surface area contributed by atoms with Gasteiger partial charge in [-0.05, 0) is 43.3 Å². The molecule has 2 N–H and O–H groups in total. The lowest BCUT2D eigenvalue weighted by atomic mass is 10.1. The van der Waals surface area contributed by atoms with Gasteiger partial charge in [0.25, 0.3) is 5.91 Å². The molecular formula is C25H17FN8O3S. The Hall–Kier alpha value is -5.22. The van der Waals surface area contributed by atoms with Crippen LogP contribution in [0.25, 0.3) is 28.1 Å². The minimum Gasteiger partial charge on any atom is -0.387 e. The van der Waals surface area contributed by atoms with Crippen molar-refractivity contribution in [2.75, 3.05) is 17.7 Å². The van der Waals surface area contributed by atoms with Gasteiger partial charge in [0.15, 0.2) is 11.5 Å². The molecule has 13 heteroatoms. The van der Waals surface area contributed by atoms with Gasteiger partial charge in [-0.2, -0.15) is 10.4 Å². The van der Waals surface area contributed by atoms with Crippen LogP contribution < -0.4 is 10.6 Å². The highest BCUT2D eigenvalue weighted by Crippen LogP contribution is 2.31. The summed E-state index contributed by atoms with van der Waals surface area (Å²) in [5, 5.41) is 30.7. The van der Waals surface area contributed by atoms with Gasteiger partial charge in [0, 0.05) is 24.2 Å². The Balaban J connectivity index is 1.69. The van der Waals surface area contributed by atoms with Crippen LogP contribution in [0.5, 0.6) is 0 Å². The zero-order chi connectivity index (χ0) is 27.0. The van der Waals surface area contributed by atoms with Crippen LogP contribution in [0.4, 0.5) is 20.9 Å². The van der Waals surface area contributed by atoms with E-state index in [4.69, 9.17) is 0 Å². The Bertz CT molecular complexity index is 1790. The Kier molecular flexibility index (Phi) is 6.23. The number of carbonyl (C=O) groups excluding carboxylic acids is 1. The third-order valence-corrected chi connectivity index (χ3v) is 6.83. The van der Waals surface area contributed by atoms with Crippen molar-refractivity contribution in [1.82, 2.24) is 19.7 Å². The number of rotatable bonds is 6. The fourth-order valence-corrected chi connectivity index (χ4v) is 4.55. The maximum Gasteiger partial charge on any atom is 0.324 e. The number of nitro groups is 1. The number of hydrogen-bond donors (Lipinski definition) is 2. The summed E-state index contributed by atoms with van der Waals surface area (Å²) in [6.45, 7) is 1.62. The highest BCUT2D eigenvalue weighted by Gasteiger charge is 2.21. The summed E-state index contributed by atoms with van der Waals surface area (Å²) >= 11 is 0.733. The Morgan fingerprint density at radius 1 is 1.21 bits per heavy atom. The van der Waals surface area contributed by atoms with Gasteiger partial charge >= 0.3 is 5.00 Å². The van der Waals surface area contributed by atoms with Crippen molar-refractivity contribution in [2.45, 2.75) is 6.92 Å². The lowest BCUT2D eigenvalue weighted by Gasteiger charge is -2.11. The van der Waals surface area contributed by atoms with Crippen LogP contribution in [0, 0.1) is 34.2 Å². The van der Waals surface area contributed by atoms with E-state index in [-0.39, 0.29) is 21.5 Å². The first-order chi connectivity index (χ1) is 18.3. The SMILES string of the molecule is CNc1cc(-c2nc(NC(=O)c3ccc([N+](=O)[O-])s3)c3cnn(-c4cccc(F)c4C)c3n2)ccc1C#N. The lowest BCUT2D eigenvalue weighted by Crippen LogP contribution is -2.13. The number of benzene rings is 2. The largest absolute Gasteiger partial charge is 0.387 e. The summed E-state index contributed by atoms with van der Waals surface area (Å²) in [5.74, 6) is -0.693. The molecule has 0 radical (unpaired) electrons. The number of nitrogens with zero attached hydrogens (tertiary/aromatic N) is 6. The quantitative estimate of drug-likeness (QED) is 0.229. The van der Waals surface area contributed by atoms with Gasteiger partial charge in [0.1, 0.15) is 17.7 Å². The molecule has 0 saturated heterocycles. The maximum atomic E-state index is 14.4. The average Bonchev–Trinajstić information content (AvgIpc) is 3.58. The van der Waals surface area contributed by atoms with E-state index < -0.39 is 16.6 Å². The predicted octanol–water partition coefficient (Wildman–Crippen LogP) is 5.07. The van der Waals surface area contributed by atoms with Crippen molar-refractivity contribution in [3.63, 3.8) is 0 Å². The standard InChI is InChI=1S/C25H17FN8O3S/c1-13-17(26)4-3-5-19(13)33-24-16(12-29-33)23(32-25(35)20-8-9-21(38-20)34(36)37)30-22(31-24)14-6-7-15(11-27)18(10-14)28-2/h3-10,12,28H,1-2H3,(H,30,31,32,35). The van der Waals surface area contributed by atoms with E-state index in [1.807, 2.05) is 0 Å². The van der Waals surface area contributed by atoms with Gasteiger partial charge in [-0.3, -0.25) is 14.9 Å². The van der Waals surface area contributed by atoms with Gasteiger partial charge < -0.3 is 10.6 Å². The number of amides is 1. The summed E-state index contributed by atoms with van der Waals surface area (Å²) in [4.78, 5) is 32.8. The molecule has 0 aliphatic rings. The molecule has 3 aromatic heterocycles. The number of nitrogens with one attached hydrogen (secondary N) is 2. The van der Waals surface area contributed by atoms with Crippen LogP contribution in [0.2, 0.25) is 0 Å². The molecular weight excluding hydrogens is 511 g/mol. The van der Waals surface area contributed by atoms with Crippen LogP contribution in [0.15, 0.2) is 54.7 Å². The third kappa shape index (κ3) is 4.29. The van der Waals surface area contributed by atoms with Gasteiger partial charge in [-0.25, -0.2) is 19.0 Å². The zero-order valence-electron chi connectivity index (χ0n) is 19.9. The maximum absolute atomic E-state index is 14.4. The molecule has 11 nitrogen and oxygen atoms in total. The summed E-state index contributed by atoms with van der Waals surface area (Å²) in [5.41, 5.74) is 2.62. The molecule has 3 heterocycles. The van der Waals surface area contributed by atoms with Crippen molar-refractivity contribution >= 4 is 44.8 Å². The van der Waals surface area contributed by atoms with Crippen molar-refractivity contribution in [2.24, 2.45) is 0 Å². The number of carbonyl (C=O) groups is 1. The molecule has 0 unspecified atom stereocenters. The molecule has 2 aromatic carbocycles. The first kappa shape index (κ1) is 24.5. The normalized spacial score (nSPS) is 10.8. The van der Waals surface area contributed by atoms with Crippen LogP contribution in [0.1, 0.15) is 20.8 Å². The van der Waals surface area contributed by atoms with Gasteiger partial charge in [-0.15, -0.1) is 0 Å². The number of anilines is 2. The van der Waals surface area contributed by atoms with Crippen molar-refractivity contribution < 1.29 is 14.1 Å². The van der Waals surface area contributed by atoms with Crippen molar-refractivity contribution in [3.8, 4) is 23.1 Å². The molecule has 0 aliphatic carbocycles. The first-order valence-corrected chi connectivity index (χ1v) is 11.9.